The average molecular weight is 519 g/mol. The molecule has 6 nitrogen and oxygen atoms in total. The lowest BCUT2D eigenvalue weighted by Gasteiger charge is -2.13. The summed E-state index contributed by atoms with van der Waals surface area (Å²) in [6, 6.07) is 12.5. The molecule has 0 saturated carbocycles. The average Bonchev–Trinajstić information content (AvgIpc) is 3.14. The first-order chi connectivity index (χ1) is 13.7. The summed E-state index contributed by atoms with van der Waals surface area (Å²) in [6.45, 7) is 0.917. The summed E-state index contributed by atoms with van der Waals surface area (Å²) >= 11 is 0. The van der Waals surface area contributed by atoms with Gasteiger partial charge in [0.15, 0.2) is 17.5 Å². The largest absolute Gasteiger partial charge is 0.454 e. The van der Waals surface area contributed by atoms with Crippen LogP contribution >= 0.6 is 24.0 Å². The van der Waals surface area contributed by atoms with Crippen molar-refractivity contribution in [1.82, 2.24) is 10.6 Å². The van der Waals surface area contributed by atoms with E-state index in [9.17, 15) is 8.78 Å². The number of halogens is 3. The van der Waals surface area contributed by atoms with Crippen LogP contribution in [-0.2, 0) is 13.0 Å². The molecular weight excluding hydrogens is 495 g/mol. The maximum atomic E-state index is 12.5. The van der Waals surface area contributed by atoms with Gasteiger partial charge in [-0.1, -0.05) is 24.3 Å². The lowest BCUT2D eigenvalue weighted by Crippen LogP contribution is -2.38. The highest BCUT2D eigenvalue weighted by atomic mass is 127. The lowest BCUT2D eigenvalue weighted by atomic mass is 10.1. The number of hydrogen-bond acceptors (Lipinski definition) is 4. The van der Waals surface area contributed by atoms with Crippen LogP contribution < -0.4 is 24.8 Å². The summed E-state index contributed by atoms with van der Waals surface area (Å²) in [7, 11) is 0. The predicted octanol–water partition coefficient (Wildman–Crippen LogP) is 3.93. The Labute approximate surface area is 185 Å². The van der Waals surface area contributed by atoms with Crippen LogP contribution in [0, 0.1) is 0 Å². The highest BCUT2D eigenvalue weighted by molar-refractivity contribution is 14.0. The van der Waals surface area contributed by atoms with E-state index in [0.29, 0.717) is 24.6 Å². The zero-order valence-electron chi connectivity index (χ0n) is 16.0. The normalized spacial score (nSPS) is 12.5. The van der Waals surface area contributed by atoms with E-state index in [0.717, 1.165) is 23.5 Å². The van der Waals surface area contributed by atoms with Crippen LogP contribution in [0.5, 0.6) is 17.2 Å². The van der Waals surface area contributed by atoms with Gasteiger partial charge in [-0.2, -0.15) is 8.78 Å². The van der Waals surface area contributed by atoms with E-state index in [-0.39, 0.29) is 43.1 Å². The number of hydrogen-bond donors (Lipinski definition) is 2. The molecule has 0 saturated heterocycles. The van der Waals surface area contributed by atoms with Crippen LogP contribution in [0.1, 0.15) is 18.1 Å². The van der Waals surface area contributed by atoms with Crippen LogP contribution in [0.2, 0.25) is 0 Å². The second-order valence-corrected chi connectivity index (χ2v) is 6.05. The molecule has 158 valence electrons. The van der Waals surface area contributed by atoms with Crippen molar-refractivity contribution in [3.05, 3.63) is 53.6 Å². The Morgan fingerprint density at radius 3 is 2.72 bits per heavy atom. The molecule has 9 heteroatoms. The van der Waals surface area contributed by atoms with E-state index in [1.54, 1.807) is 18.2 Å². The number of rotatable bonds is 8. The smallest absolute Gasteiger partial charge is 0.387 e. The quantitative estimate of drug-likeness (QED) is 0.315. The minimum absolute atomic E-state index is 0. The molecule has 1 aliphatic rings. The van der Waals surface area contributed by atoms with Gasteiger partial charge in [0.05, 0.1) is 6.54 Å². The molecule has 0 unspecified atom stereocenters. The van der Waals surface area contributed by atoms with Gasteiger partial charge in [-0.25, -0.2) is 4.99 Å². The molecule has 0 aliphatic carbocycles. The summed E-state index contributed by atoms with van der Waals surface area (Å²) in [6.07, 6.45) is 0.770. The van der Waals surface area contributed by atoms with Gasteiger partial charge in [0.2, 0.25) is 6.79 Å². The molecular formula is C20H24F2IN3O3. The van der Waals surface area contributed by atoms with Gasteiger partial charge in [0, 0.05) is 18.7 Å². The molecule has 2 aromatic carbocycles. The Bertz CT molecular complexity index is 821. The minimum Gasteiger partial charge on any atom is -0.454 e. The highest BCUT2D eigenvalue weighted by Crippen LogP contribution is 2.32. The molecule has 0 bridgehead atoms. The Hall–Kier alpha value is -2.30. The molecule has 1 aliphatic heterocycles. The Balaban J connectivity index is 0.00000300. The number of aliphatic imine (C=N–C) groups is 1. The van der Waals surface area contributed by atoms with Gasteiger partial charge < -0.3 is 24.8 Å². The fourth-order valence-corrected chi connectivity index (χ4v) is 2.77. The van der Waals surface area contributed by atoms with E-state index in [2.05, 4.69) is 20.4 Å². The summed E-state index contributed by atoms with van der Waals surface area (Å²) < 4.78 is 40.3. The maximum Gasteiger partial charge on any atom is 0.387 e. The van der Waals surface area contributed by atoms with Crippen LogP contribution in [0.15, 0.2) is 47.5 Å². The van der Waals surface area contributed by atoms with Gasteiger partial charge in [-0.05, 0) is 37.1 Å². The number of ether oxygens (including phenoxy) is 3. The molecule has 1 heterocycles. The maximum absolute atomic E-state index is 12.5. The van der Waals surface area contributed by atoms with Crippen molar-refractivity contribution in [1.29, 1.82) is 0 Å². The summed E-state index contributed by atoms with van der Waals surface area (Å²) in [4.78, 5) is 4.47. The monoisotopic (exact) mass is 519 g/mol. The van der Waals surface area contributed by atoms with Crippen molar-refractivity contribution in [2.24, 2.45) is 4.99 Å². The summed E-state index contributed by atoms with van der Waals surface area (Å²) in [5.74, 6) is 2.26. The molecule has 2 N–H and O–H groups in total. The molecule has 2 aromatic rings. The van der Waals surface area contributed by atoms with Gasteiger partial charge in [-0.15, -0.1) is 24.0 Å². The first kappa shape index (κ1) is 23.0. The lowest BCUT2D eigenvalue weighted by molar-refractivity contribution is -0.0504. The zero-order valence-corrected chi connectivity index (χ0v) is 18.3. The first-order valence-corrected chi connectivity index (χ1v) is 9.09. The van der Waals surface area contributed by atoms with E-state index in [1.807, 2.05) is 25.1 Å². The number of nitrogens with one attached hydrogen (secondary N) is 2. The molecule has 3 rings (SSSR count). The van der Waals surface area contributed by atoms with Crippen LogP contribution in [0.3, 0.4) is 0 Å². The summed E-state index contributed by atoms with van der Waals surface area (Å²) in [5, 5.41) is 6.39. The highest BCUT2D eigenvalue weighted by Gasteiger charge is 2.13. The number of fused-ring (bicyclic) bond motifs is 1. The van der Waals surface area contributed by atoms with Gasteiger partial charge in [-0.3, -0.25) is 0 Å². The third-order valence-electron chi connectivity index (χ3n) is 4.08. The molecule has 0 atom stereocenters. The number of benzene rings is 2. The fraction of sp³-hybridized carbons (Fsp3) is 0.350. The number of nitrogens with zero attached hydrogens (tertiary/aromatic N) is 1. The Kier molecular flexibility index (Phi) is 9.23. The number of alkyl halides is 2. The number of guanidine groups is 1. The van der Waals surface area contributed by atoms with Crippen molar-refractivity contribution >= 4 is 29.9 Å². The third-order valence-corrected chi connectivity index (χ3v) is 4.08. The molecule has 0 radical (unpaired) electrons. The Morgan fingerprint density at radius 2 is 1.93 bits per heavy atom. The van der Waals surface area contributed by atoms with Crippen LogP contribution in [0.4, 0.5) is 8.78 Å². The summed E-state index contributed by atoms with van der Waals surface area (Å²) in [5.41, 5.74) is 1.71. The van der Waals surface area contributed by atoms with Crippen molar-refractivity contribution in [2.45, 2.75) is 26.5 Å². The third kappa shape index (κ3) is 6.91. The van der Waals surface area contributed by atoms with E-state index >= 15 is 0 Å². The van der Waals surface area contributed by atoms with Crippen molar-refractivity contribution in [2.75, 3.05) is 19.9 Å². The van der Waals surface area contributed by atoms with E-state index in [1.165, 1.54) is 6.07 Å². The van der Waals surface area contributed by atoms with Gasteiger partial charge in [0.1, 0.15) is 5.75 Å². The second kappa shape index (κ2) is 11.6. The topological polar surface area (TPSA) is 64.1 Å². The number of para-hydroxylation sites is 1. The van der Waals surface area contributed by atoms with Gasteiger partial charge >= 0.3 is 6.61 Å². The standard InChI is InChI=1S/C20H23F2N3O3.HI/c1-2-23-20(25-12-15-5-3-4-6-16(15)28-19(21)22)24-10-9-14-7-8-17-18(11-14)27-13-26-17;/h3-8,11,19H,2,9-10,12-13H2,1H3,(H2,23,24,25);1H. The van der Waals surface area contributed by atoms with Crippen molar-refractivity contribution in [3.8, 4) is 17.2 Å². The van der Waals surface area contributed by atoms with E-state index < -0.39 is 6.61 Å². The molecule has 0 fully saturated rings. The fourth-order valence-electron chi connectivity index (χ4n) is 2.77. The zero-order chi connectivity index (χ0) is 19.8. The molecule has 0 spiro atoms. The molecule has 29 heavy (non-hydrogen) atoms. The molecule has 0 aromatic heterocycles. The minimum atomic E-state index is -2.86. The Morgan fingerprint density at radius 1 is 1.14 bits per heavy atom. The van der Waals surface area contributed by atoms with Crippen LogP contribution in [0.25, 0.3) is 0 Å². The van der Waals surface area contributed by atoms with Gasteiger partial charge in [0.25, 0.3) is 0 Å². The van der Waals surface area contributed by atoms with E-state index in [4.69, 9.17) is 9.47 Å². The molecule has 0 amide bonds. The SMILES string of the molecule is CCNC(=NCc1ccccc1OC(F)F)NCCc1ccc2c(c1)OCO2.I. The van der Waals surface area contributed by atoms with Crippen molar-refractivity contribution < 1.29 is 23.0 Å². The second-order valence-electron chi connectivity index (χ2n) is 6.05. The van der Waals surface area contributed by atoms with Crippen molar-refractivity contribution in [3.63, 3.8) is 0 Å². The first-order valence-electron chi connectivity index (χ1n) is 9.09. The van der Waals surface area contributed by atoms with Crippen LogP contribution in [-0.4, -0.2) is 32.5 Å². The predicted molar refractivity (Wildman–Crippen MR) is 118 cm³/mol.